The molecule has 3 aromatic rings. The van der Waals surface area contributed by atoms with Gasteiger partial charge in [0.15, 0.2) is 0 Å². The van der Waals surface area contributed by atoms with Crippen LogP contribution in [0.15, 0.2) is 72.8 Å². The third kappa shape index (κ3) is 5.03. The Bertz CT molecular complexity index is 1360. The van der Waals surface area contributed by atoms with Crippen molar-refractivity contribution in [2.75, 3.05) is 24.9 Å². The molecule has 0 radical (unpaired) electrons. The molecule has 1 amide bonds. The van der Waals surface area contributed by atoms with E-state index in [0.29, 0.717) is 33.9 Å². The van der Waals surface area contributed by atoms with Gasteiger partial charge < -0.3 is 20.1 Å². The molecular weight excluding hydrogens is 450 g/mol. The highest BCUT2D eigenvalue weighted by Gasteiger charge is 2.30. The van der Waals surface area contributed by atoms with Gasteiger partial charge in [-0.3, -0.25) is 14.9 Å². The van der Waals surface area contributed by atoms with E-state index in [1.807, 2.05) is 0 Å². The Morgan fingerprint density at radius 3 is 2.37 bits per heavy atom. The van der Waals surface area contributed by atoms with Gasteiger partial charge in [-0.25, -0.2) is 4.79 Å². The van der Waals surface area contributed by atoms with Crippen LogP contribution < -0.4 is 15.4 Å². The average Bonchev–Trinajstić information content (AvgIpc) is 3.21. The van der Waals surface area contributed by atoms with Crippen molar-refractivity contribution >= 4 is 46.3 Å². The van der Waals surface area contributed by atoms with Gasteiger partial charge >= 0.3 is 5.97 Å². The highest BCUT2D eigenvalue weighted by Crippen LogP contribution is 2.39. The summed E-state index contributed by atoms with van der Waals surface area (Å²) in [5, 5.41) is 17.4. The Hall–Kier alpha value is -4.92. The number of esters is 1. The molecule has 1 aliphatic heterocycles. The lowest BCUT2D eigenvalue weighted by atomic mass is 9.98. The highest BCUT2D eigenvalue weighted by atomic mass is 16.6. The van der Waals surface area contributed by atoms with Gasteiger partial charge in [0.1, 0.15) is 5.75 Å². The number of hydrogen-bond donors (Lipinski definition) is 2. The molecule has 0 fully saturated rings. The van der Waals surface area contributed by atoms with Gasteiger partial charge in [-0.2, -0.15) is 0 Å². The Labute approximate surface area is 200 Å². The molecule has 0 aliphatic carbocycles. The normalized spacial score (nSPS) is 13.7. The predicted octanol–water partition coefficient (Wildman–Crippen LogP) is 4.72. The van der Waals surface area contributed by atoms with Gasteiger partial charge in [0.25, 0.3) is 11.6 Å². The number of nitro benzene ring substituents is 1. The summed E-state index contributed by atoms with van der Waals surface area (Å²) in [6.45, 7) is 0. The molecule has 176 valence electrons. The number of carbonyl (C=O) groups is 2. The van der Waals surface area contributed by atoms with Gasteiger partial charge in [-0.15, -0.1) is 0 Å². The third-order valence-electron chi connectivity index (χ3n) is 5.38. The summed E-state index contributed by atoms with van der Waals surface area (Å²) in [7, 11) is 2.87. The molecule has 0 aromatic heterocycles. The van der Waals surface area contributed by atoms with Gasteiger partial charge in [-0.1, -0.05) is 24.3 Å². The van der Waals surface area contributed by atoms with Crippen molar-refractivity contribution in [2.24, 2.45) is 0 Å². The second-order valence-corrected chi connectivity index (χ2v) is 7.52. The summed E-state index contributed by atoms with van der Waals surface area (Å²) in [6, 6.07) is 18.5. The Balaban J connectivity index is 1.83. The maximum absolute atomic E-state index is 13.0. The second-order valence-electron chi connectivity index (χ2n) is 7.52. The average molecular weight is 471 g/mol. The SMILES string of the molecule is COC(=O)/C=C/c1ccc(/C(Nc2ccc(OC)cc2)=C2/C(=O)Nc3ccc([N+](=O)[O-])cc32)cc1. The van der Waals surface area contributed by atoms with Gasteiger partial charge in [0.2, 0.25) is 0 Å². The zero-order valence-electron chi connectivity index (χ0n) is 18.9. The van der Waals surface area contributed by atoms with Crippen molar-refractivity contribution in [2.45, 2.75) is 0 Å². The number of non-ortho nitro benzene ring substituents is 1. The molecule has 0 spiro atoms. The lowest BCUT2D eigenvalue weighted by molar-refractivity contribution is -0.384. The fourth-order valence-electron chi connectivity index (χ4n) is 3.61. The minimum Gasteiger partial charge on any atom is -0.497 e. The van der Waals surface area contributed by atoms with Crippen molar-refractivity contribution in [3.8, 4) is 5.75 Å². The van der Waals surface area contributed by atoms with Crippen LogP contribution in [-0.4, -0.2) is 31.0 Å². The molecule has 4 rings (SSSR count). The number of hydrogen-bond acceptors (Lipinski definition) is 7. The van der Waals surface area contributed by atoms with E-state index in [-0.39, 0.29) is 17.2 Å². The van der Waals surface area contributed by atoms with E-state index in [2.05, 4.69) is 15.4 Å². The van der Waals surface area contributed by atoms with Crippen molar-refractivity contribution in [3.63, 3.8) is 0 Å². The molecule has 1 heterocycles. The summed E-state index contributed by atoms with van der Waals surface area (Å²) in [5.41, 5.74) is 3.64. The first-order valence-electron chi connectivity index (χ1n) is 10.5. The lowest BCUT2D eigenvalue weighted by Crippen LogP contribution is -2.10. The third-order valence-corrected chi connectivity index (χ3v) is 5.38. The number of anilines is 2. The number of ether oxygens (including phenoxy) is 2. The molecular formula is C26H21N3O6. The van der Waals surface area contributed by atoms with Crippen molar-refractivity contribution in [1.82, 2.24) is 0 Å². The van der Waals surface area contributed by atoms with Gasteiger partial charge in [0, 0.05) is 35.1 Å². The first-order chi connectivity index (χ1) is 16.9. The molecule has 9 heteroatoms. The van der Waals surface area contributed by atoms with Crippen LogP contribution >= 0.6 is 0 Å². The Morgan fingerprint density at radius 1 is 1.03 bits per heavy atom. The van der Waals surface area contributed by atoms with E-state index in [0.717, 1.165) is 5.56 Å². The monoisotopic (exact) mass is 471 g/mol. The van der Waals surface area contributed by atoms with Gasteiger partial charge in [-0.05, 0) is 47.5 Å². The summed E-state index contributed by atoms with van der Waals surface area (Å²) < 4.78 is 9.82. The summed E-state index contributed by atoms with van der Waals surface area (Å²) >= 11 is 0. The van der Waals surface area contributed by atoms with Crippen molar-refractivity contribution in [3.05, 3.63) is 99.6 Å². The van der Waals surface area contributed by atoms with Crippen LogP contribution in [0.25, 0.3) is 17.3 Å². The molecule has 3 aromatic carbocycles. The van der Waals surface area contributed by atoms with E-state index < -0.39 is 10.9 Å². The maximum atomic E-state index is 13.0. The molecule has 0 atom stereocenters. The van der Waals surface area contributed by atoms with Crippen LogP contribution in [0.1, 0.15) is 16.7 Å². The topological polar surface area (TPSA) is 120 Å². The van der Waals surface area contributed by atoms with Crippen LogP contribution in [0.4, 0.5) is 17.1 Å². The molecule has 0 bridgehead atoms. The molecule has 2 N–H and O–H groups in total. The predicted molar refractivity (Wildman–Crippen MR) is 133 cm³/mol. The quantitative estimate of drug-likeness (QED) is 0.221. The number of fused-ring (bicyclic) bond motifs is 1. The van der Waals surface area contributed by atoms with Crippen LogP contribution in [0.3, 0.4) is 0 Å². The zero-order valence-corrected chi connectivity index (χ0v) is 18.9. The number of nitro groups is 1. The molecule has 0 saturated heterocycles. The molecule has 0 saturated carbocycles. The van der Waals surface area contributed by atoms with Crippen molar-refractivity contribution < 1.29 is 24.0 Å². The Kier molecular flexibility index (Phi) is 6.59. The van der Waals surface area contributed by atoms with Crippen LogP contribution in [-0.2, 0) is 14.3 Å². The summed E-state index contributed by atoms with van der Waals surface area (Å²) in [6.07, 6.45) is 2.92. The van der Waals surface area contributed by atoms with Crippen LogP contribution in [0, 0.1) is 10.1 Å². The standard InChI is InChI=1S/C26H21N3O6/c1-34-20-11-8-18(9-12-20)27-25(17-6-3-16(4-7-17)5-14-23(30)35-2)24-21-15-19(29(32)33)10-13-22(21)28-26(24)31/h3-15,27H,1-2H3,(H,28,31)/b14-5+,25-24-. The first kappa shape index (κ1) is 23.2. The number of nitrogens with one attached hydrogen (secondary N) is 2. The van der Waals surface area contributed by atoms with Crippen molar-refractivity contribution in [1.29, 1.82) is 0 Å². The molecule has 35 heavy (non-hydrogen) atoms. The van der Waals surface area contributed by atoms with E-state index in [1.165, 1.54) is 31.4 Å². The van der Waals surface area contributed by atoms with Gasteiger partial charge in [0.05, 0.1) is 30.4 Å². The summed E-state index contributed by atoms with van der Waals surface area (Å²) in [5.74, 6) is -0.184. The number of methoxy groups -OCH3 is 2. The summed E-state index contributed by atoms with van der Waals surface area (Å²) in [4.78, 5) is 35.3. The second kappa shape index (κ2) is 9.92. The minimum atomic E-state index is -0.500. The zero-order chi connectivity index (χ0) is 24.9. The minimum absolute atomic E-state index is 0.121. The largest absolute Gasteiger partial charge is 0.497 e. The lowest BCUT2D eigenvalue weighted by Gasteiger charge is -2.15. The smallest absolute Gasteiger partial charge is 0.330 e. The molecule has 9 nitrogen and oxygen atoms in total. The number of carbonyl (C=O) groups excluding carboxylic acids is 2. The fourth-order valence-corrected chi connectivity index (χ4v) is 3.61. The van der Waals surface area contributed by atoms with E-state index in [4.69, 9.17) is 4.74 Å². The Morgan fingerprint density at radius 2 is 1.74 bits per heavy atom. The maximum Gasteiger partial charge on any atom is 0.330 e. The first-order valence-corrected chi connectivity index (χ1v) is 10.5. The number of rotatable bonds is 7. The number of amides is 1. The van der Waals surface area contributed by atoms with E-state index in [1.54, 1.807) is 61.7 Å². The van der Waals surface area contributed by atoms with E-state index in [9.17, 15) is 19.7 Å². The van der Waals surface area contributed by atoms with Crippen LogP contribution in [0.5, 0.6) is 5.75 Å². The number of benzene rings is 3. The molecule has 1 aliphatic rings. The molecule has 0 unspecified atom stereocenters. The van der Waals surface area contributed by atoms with E-state index >= 15 is 0 Å². The number of nitrogens with zero attached hydrogens (tertiary/aromatic N) is 1. The van der Waals surface area contributed by atoms with Crippen LogP contribution in [0.2, 0.25) is 0 Å². The fraction of sp³-hybridized carbons (Fsp3) is 0.0769. The highest BCUT2D eigenvalue weighted by molar-refractivity contribution is 6.37.